The molecule has 2 heteroatoms. The molecule has 1 unspecified atom stereocenters. The average Bonchev–Trinajstić information content (AvgIpc) is 2.51. The third kappa shape index (κ3) is 1.46. The van der Waals surface area contributed by atoms with Crippen LogP contribution in [0.2, 0.25) is 0 Å². The van der Waals surface area contributed by atoms with E-state index >= 15 is 0 Å². The van der Waals surface area contributed by atoms with Crippen LogP contribution < -0.4 is 0 Å². The Hall–Kier alpha value is -2.16. The Balaban J connectivity index is 2.26. The van der Waals surface area contributed by atoms with Crippen LogP contribution in [0.1, 0.15) is 11.7 Å². The molecule has 0 heterocycles. The molecule has 0 saturated carbocycles. The Morgan fingerprint density at radius 1 is 0.750 bits per heavy atom. The van der Waals surface area contributed by atoms with Gasteiger partial charge in [-0.25, -0.2) is 0 Å². The Morgan fingerprint density at radius 3 is 2.05 bits per heavy atom. The molecular formula is C18H14O2. The molecule has 0 aliphatic heterocycles. The molecule has 2 nitrogen and oxygen atoms in total. The summed E-state index contributed by atoms with van der Waals surface area (Å²) in [6.45, 7) is -0.260. The topological polar surface area (TPSA) is 40.5 Å². The molecule has 1 atom stereocenters. The maximum atomic E-state index is 10.0. The van der Waals surface area contributed by atoms with Crippen LogP contribution in [0.25, 0.3) is 32.3 Å². The summed E-state index contributed by atoms with van der Waals surface area (Å²) in [5.41, 5.74) is 0.790. The first-order valence-electron chi connectivity index (χ1n) is 6.75. The summed E-state index contributed by atoms with van der Waals surface area (Å²) in [5, 5.41) is 26.2. The van der Waals surface area contributed by atoms with E-state index in [0.717, 1.165) is 16.3 Å². The fourth-order valence-corrected chi connectivity index (χ4v) is 3.15. The molecule has 0 aromatic heterocycles. The van der Waals surface area contributed by atoms with E-state index < -0.39 is 6.10 Å². The molecule has 0 saturated heterocycles. The number of benzene rings is 4. The highest BCUT2D eigenvalue weighted by molar-refractivity contribution is 6.23. The van der Waals surface area contributed by atoms with Crippen LogP contribution in [-0.4, -0.2) is 16.8 Å². The monoisotopic (exact) mass is 262 g/mol. The first-order valence-corrected chi connectivity index (χ1v) is 6.75. The van der Waals surface area contributed by atoms with E-state index in [-0.39, 0.29) is 6.61 Å². The molecule has 0 aliphatic rings. The van der Waals surface area contributed by atoms with E-state index in [2.05, 4.69) is 36.4 Å². The highest BCUT2D eigenvalue weighted by atomic mass is 16.3. The quantitative estimate of drug-likeness (QED) is 0.542. The Bertz CT molecular complexity index is 895. The lowest BCUT2D eigenvalue weighted by Gasteiger charge is -2.16. The van der Waals surface area contributed by atoms with E-state index in [1.165, 1.54) is 21.5 Å². The fourth-order valence-electron chi connectivity index (χ4n) is 3.15. The van der Waals surface area contributed by atoms with E-state index in [1.807, 2.05) is 18.2 Å². The Kier molecular flexibility index (Phi) is 2.43. The van der Waals surface area contributed by atoms with Crippen molar-refractivity contribution in [2.24, 2.45) is 0 Å². The van der Waals surface area contributed by atoms with Gasteiger partial charge in [-0.3, -0.25) is 0 Å². The van der Waals surface area contributed by atoms with Crippen LogP contribution in [0.4, 0.5) is 0 Å². The van der Waals surface area contributed by atoms with Crippen molar-refractivity contribution >= 4 is 32.3 Å². The summed E-state index contributed by atoms with van der Waals surface area (Å²) in [5.74, 6) is 0. The van der Waals surface area contributed by atoms with Crippen molar-refractivity contribution in [1.29, 1.82) is 0 Å². The zero-order valence-corrected chi connectivity index (χ0v) is 10.9. The summed E-state index contributed by atoms with van der Waals surface area (Å²) < 4.78 is 0. The van der Waals surface area contributed by atoms with Gasteiger partial charge in [0, 0.05) is 0 Å². The van der Waals surface area contributed by atoms with Crippen molar-refractivity contribution in [3.05, 3.63) is 60.2 Å². The molecule has 0 fully saturated rings. The Morgan fingerprint density at radius 2 is 1.35 bits per heavy atom. The van der Waals surface area contributed by atoms with Gasteiger partial charge in [-0.15, -0.1) is 0 Å². The van der Waals surface area contributed by atoms with E-state index in [4.69, 9.17) is 0 Å². The molecule has 98 valence electrons. The molecule has 2 N–H and O–H groups in total. The van der Waals surface area contributed by atoms with Gasteiger partial charge >= 0.3 is 0 Å². The fraction of sp³-hybridized carbons (Fsp3) is 0.111. The maximum absolute atomic E-state index is 10.0. The van der Waals surface area contributed by atoms with Gasteiger partial charge < -0.3 is 10.2 Å². The van der Waals surface area contributed by atoms with Gasteiger partial charge in [0.25, 0.3) is 0 Å². The van der Waals surface area contributed by atoms with E-state index in [9.17, 15) is 10.2 Å². The van der Waals surface area contributed by atoms with Gasteiger partial charge in [0.05, 0.1) is 6.61 Å². The molecule has 0 spiro atoms. The van der Waals surface area contributed by atoms with Crippen molar-refractivity contribution in [1.82, 2.24) is 0 Å². The lowest BCUT2D eigenvalue weighted by Crippen LogP contribution is -2.03. The zero-order valence-electron chi connectivity index (χ0n) is 10.9. The number of aliphatic hydroxyl groups is 2. The summed E-state index contributed by atoms with van der Waals surface area (Å²) in [7, 11) is 0. The van der Waals surface area contributed by atoms with Gasteiger partial charge in [0.15, 0.2) is 0 Å². The molecule has 4 aromatic rings. The Labute approximate surface area is 116 Å². The molecule has 20 heavy (non-hydrogen) atoms. The van der Waals surface area contributed by atoms with Crippen molar-refractivity contribution in [2.45, 2.75) is 6.10 Å². The van der Waals surface area contributed by atoms with Crippen LogP contribution in [0.3, 0.4) is 0 Å². The van der Waals surface area contributed by atoms with Crippen LogP contribution in [0, 0.1) is 0 Å². The second kappa shape index (κ2) is 4.17. The number of aliphatic hydroxyl groups excluding tert-OH is 2. The van der Waals surface area contributed by atoms with E-state index in [1.54, 1.807) is 0 Å². The average molecular weight is 262 g/mol. The minimum atomic E-state index is -0.834. The van der Waals surface area contributed by atoms with E-state index in [0.29, 0.717) is 0 Å². The lowest BCUT2D eigenvalue weighted by atomic mass is 9.91. The third-order valence-electron chi connectivity index (χ3n) is 4.09. The number of hydrogen-bond donors (Lipinski definition) is 2. The maximum Gasteiger partial charge on any atom is 0.103 e. The minimum absolute atomic E-state index is 0.260. The smallest absolute Gasteiger partial charge is 0.103 e. The molecule has 0 bridgehead atoms. The van der Waals surface area contributed by atoms with Gasteiger partial charge in [-0.05, 0) is 37.9 Å². The zero-order chi connectivity index (χ0) is 13.7. The number of rotatable bonds is 2. The molecule has 0 amide bonds. The predicted molar refractivity (Wildman–Crippen MR) is 82.2 cm³/mol. The van der Waals surface area contributed by atoms with Gasteiger partial charge in [0.2, 0.25) is 0 Å². The molecular weight excluding hydrogens is 248 g/mol. The lowest BCUT2D eigenvalue weighted by molar-refractivity contribution is 0.0967. The van der Waals surface area contributed by atoms with Gasteiger partial charge in [0.1, 0.15) is 6.10 Å². The first kappa shape index (κ1) is 11.6. The standard InChI is InChI=1S/C18H14O2/c19-10-16(20)14-8-6-13-5-4-11-2-1-3-12-7-9-15(14)18(13)17(11)12/h1-9,16,19-20H,10H2. The highest BCUT2D eigenvalue weighted by Gasteiger charge is 2.14. The van der Waals surface area contributed by atoms with Crippen LogP contribution >= 0.6 is 0 Å². The van der Waals surface area contributed by atoms with Crippen LogP contribution in [0.15, 0.2) is 54.6 Å². The predicted octanol–water partition coefficient (Wildman–Crippen LogP) is 3.61. The highest BCUT2D eigenvalue weighted by Crippen LogP contribution is 2.37. The van der Waals surface area contributed by atoms with Gasteiger partial charge in [-0.2, -0.15) is 0 Å². The summed E-state index contributed by atoms with van der Waals surface area (Å²) in [6.07, 6.45) is -0.834. The van der Waals surface area contributed by atoms with Crippen molar-refractivity contribution in [3.8, 4) is 0 Å². The normalized spacial score (nSPS) is 13.5. The van der Waals surface area contributed by atoms with Gasteiger partial charge in [-0.1, -0.05) is 54.6 Å². The molecule has 4 rings (SSSR count). The van der Waals surface area contributed by atoms with Crippen molar-refractivity contribution < 1.29 is 10.2 Å². The SMILES string of the molecule is OCC(O)c1ccc2ccc3cccc4ccc1c2c34. The summed E-state index contributed by atoms with van der Waals surface area (Å²) in [6, 6.07) is 18.6. The summed E-state index contributed by atoms with van der Waals surface area (Å²) in [4.78, 5) is 0. The minimum Gasteiger partial charge on any atom is -0.393 e. The van der Waals surface area contributed by atoms with Crippen molar-refractivity contribution in [3.63, 3.8) is 0 Å². The molecule has 0 aliphatic carbocycles. The third-order valence-corrected chi connectivity index (χ3v) is 4.09. The summed E-state index contributed by atoms with van der Waals surface area (Å²) >= 11 is 0. The largest absolute Gasteiger partial charge is 0.393 e. The van der Waals surface area contributed by atoms with Crippen LogP contribution in [-0.2, 0) is 0 Å². The van der Waals surface area contributed by atoms with Crippen LogP contribution in [0.5, 0.6) is 0 Å². The second-order valence-corrected chi connectivity index (χ2v) is 5.21. The second-order valence-electron chi connectivity index (χ2n) is 5.21. The number of hydrogen-bond acceptors (Lipinski definition) is 2. The van der Waals surface area contributed by atoms with Crippen molar-refractivity contribution in [2.75, 3.05) is 6.61 Å². The molecule has 0 radical (unpaired) electrons. The molecule has 4 aromatic carbocycles. The first-order chi connectivity index (χ1) is 9.79.